The highest BCUT2D eigenvalue weighted by Crippen LogP contribution is 2.31. The summed E-state index contributed by atoms with van der Waals surface area (Å²) in [5.74, 6) is -0.475. The molecule has 0 bridgehead atoms. The zero-order valence-electron chi connectivity index (χ0n) is 10.7. The van der Waals surface area contributed by atoms with Crippen LogP contribution in [0, 0.1) is 11.8 Å². The van der Waals surface area contributed by atoms with Gasteiger partial charge in [-0.05, 0) is 31.6 Å². The first-order valence-corrected chi connectivity index (χ1v) is 6.70. The van der Waals surface area contributed by atoms with Crippen LogP contribution in [0.2, 0.25) is 0 Å². The van der Waals surface area contributed by atoms with Gasteiger partial charge in [-0.15, -0.1) is 0 Å². The van der Waals surface area contributed by atoms with Crippen LogP contribution in [-0.2, 0) is 9.59 Å². The topological polar surface area (TPSA) is 77.8 Å². The predicted molar refractivity (Wildman–Crippen MR) is 64.9 cm³/mol. The van der Waals surface area contributed by atoms with Gasteiger partial charge in [0, 0.05) is 18.9 Å². The van der Waals surface area contributed by atoms with Crippen molar-refractivity contribution in [3.8, 4) is 0 Å². The van der Waals surface area contributed by atoms with Gasteiger partial charge in [0.25, 0.3) is 0 Å². The monoisotopic (exact) mass is 255 g/mol. The number of aliphatic hydroxyl groups is 1. The number of carboxylic acid groups (broad SMARTS) is 1. The van der Waals surface area contributed by atoms with Gasteiger partial charge < -0.3 is 15.1 Å². The van der Waals surface area contributed by atoms with Gasteiger partial charge in [0.15, 0.2) is 0 Å². The fraction of sp³-hybridized carbons (Fsp3) is 0.846. The number of amides is 1. The Bertz CT molecular complexity index is 336. The first-order valence-electron chi connectivity index (χ1n) is 6.70. The molecule has 0 aromatic heterocycles. The number of carboxylic acids is 1. The van der Waals surface area contributed by atoms with Crippen molar-refractivity contribution in [3.05, 3.63) is 0 Å². The van der Waals surface area contributed by atoms with Gasteiger partial charge in [0.1, 0.15) is 6.04 Å². The number of aliphatic carboxylic acids is 1. The Labute approximate surface area is 107 Å². The number of β-amino-alcohol motifs (C(OH)–C–C–N with tert-alkyl or cyclic N) is 1. The van der Waals surface area contributed by atoms with Crippen molar-refractivity contribution >= 4 is 11.9 Å². The summed E-state index contributed by atoms with van der Waals surface area (Å²) >= 11 is 0. The zero-order valence-corrected chi connectivity index (χ0v) is 10.7. The van der Waals surface area contributed by atoms with E-state index in [9.17, 15) is 14.7 Å². The number of carbonyl (C=O) groups excluding carboxylic acids is 1. The van der Waals surface area contributed by atoms with Crippen molar-refractivity contribution < 1.29 is 19.8 Å². The number of likely N-dealkylation sites (tertiary alicyclic amines) is 1. The lowest BCUT2D eigenvalue weighted by molar-refractivity contribution is -0.150. The number of nitrogens with zero attached hydrogens (tertiary/aromatic N) is 1. The van der Waals surface area contributed by atoms with Gasteiger partial charge in [-0.25, -0.2) is 4.79 Å². The highest BCUT2D eigenvalue weighted by molar-refractivity contribution is 5.85. The Balaban J connectivity index is 2.01. The van der Waals surface area contributed by atoms with Gasteiger partial charge in [0.05, 0.1) is 6.10 Å². The molecule has 1 heterocycles. The van der Waals surface area contributed by atoms with Crippen LogP contribution in [0.5, 0.6) is 0 Å². The molecule has 102 valence electrons. The minimum Gasteiger partial charge on any atom is -0.480 e. The van der Waals surface area contributed by atoms with E-state index < -0.39 is 18.1 Å². The molecule has 0 spiro atoms. The van der Waals surface area contributed by atoms with E-state index in [1.807, 2.05) is 0 Å². The maximum Gasteiger partial charge on any atom is 0.326 e. The van der Waals surface area contributed by atoms with Crippen LogP contribution in [0.15, 0.2) is 0 Å². The molecule has 0 aromatic carbocycles. The van der Waals surface area contributed by atoms with Crippen molar-refractivity contribution in [1.82, 2.24) is 4.90 Å². The van der Waals surface area contributed by atoms with E-state index in [0.29, 0.717) is 5.92 Å². The average Bonchev–Trinajstić information content (AvgIpc) is 2.71. The summed E-state index contributed by atoms with van der Waals surface area (Å²) in [4.78, 5) is 24.8. The van der Waals surface area contributed by atoms with Crippen molar-refractivity contribution in [2.24, 2.45) is 11.8 Å². The Morgan fingerprint density at radius 1 is 1.17 bits per heavy atom. The molecule has 1 aliphatic heterocycles. The summed E-state index contributed by atoms with van der Waals surface area (Å²) in [7, 11) is 0. The average molecular weight is 255 g/mol. The third-order valence-electron chi connectivity index (χ3n) is 4.21. The SMILES string of the molecule is CC1CCC(C(=O)N2C[C@@H](O)C[C@H]2C(=O)O)CC1. The quantitative estimate of drug-likeness (QED) is 0.767. The molecule has 2 atom stereocenters. The first-order chi connectivity index (χ1) is 8.49. The van der Waals surface area contributed by atoms with Gasteiger partial charge in [-0.2, -0.15) is 0 Å². The second-order valence-corrected chi connectivity index (χ2v) is 5.69. The summed E-state index contributed by atoms with van der Waals surface area (Å²) in [5.41, 5.74) is 0. The molecule has 0 unspecified atom stereocenters. The third-order valence-corrected chi connectivity index (χ3v) is 4.21. The summed E-state index contributed by atoms with van der Waals surface area (Å²) in [6.07, 6.45) is 3.22. The Kier molecular flexibility index (Phi) is 3.90. The van der Waals surface area contributed by atoms with Gasteiger partial charge in [-0.3, -0.25) is 4.79 Å². The maximum atomic E-state index is 12.3. The molecule has 2 fully saturated rings. The van der Waals surface area contributed by atoms with E-state index in [0.717, 1.165) is 25.7 Å². The standard InChI is InChI=1S/C13H21NO4/c1-8-2-4-9(5-3-8)12(16)14-7-10(15)6-11(14)13(17)18/h8-11,15H,2-7H2,1H3,(H,17,18)/t8?,9?,10-,11-/m0/s1. The second kappa shape index (κ2) is 5.26. The zero-order chi connectivity index (χ0) is 13.3. The molecular formula is C13H21NO4. The molecule has 0 aromatic rings. The van der Waals surface area contributed by atoms with Crippen LogP contribution in [0.4, 0.5) is 0 Å². The molecule has 5 nitrogen and oxygen atoms in total. The van der Waals surface area contributed by atoms with Crippen LogP contribution < -0.4 is 0 Å². The molecular weight excluding hydrogens is 234 g/mol. The van der Waals surface area contributed by atoms with Crippen LogP contribution in [0.3, 0.4) is 0 Å². The number of aliphatic hydroxyl groups excluding tert-OH is 1. The fourth-order valence-electron chi connectivity index (χ4n) is 3.03. The molecule has 2 aliphatic rings. The van der Waals surface area contributed by atoms with Crippen molar-refractivity contribution in [3.63, 3.8) is 0 Å². The molecule has 18 heavy (non-hydrogen) atoms. The van der Waals surface area contributed by atoms with Crippen LogP contribution >= 0.6 is 0 Å². The first kappa shape index (κ1) is 13.3. The Hall–Kier alpha value is -1.10. The minimum atomic E-state index is -1.01. The van der Waals surface area contributed by atoms with Gasteiger partial charge in [-0.1, -0.05) is 6.92 Å². The summed E-state index contributed by atoms with van der Waals surface area (Å²) in [5, 5.41) is 18.6. The Morgan fingerprint density at radius 2 is 1.78 bits per heavy atom. The molecule has 1 saturated carbocycles. The molecule has 2 rings (SSSR count). The van der Waals surface area contributed by atoms with E-state index in [1.54, 1.807) is 0 Å². The molecule has 1 saturated heterocycles. The van der Waals surface area contributed by atoms with Crippen molar-refractivity contribution in [2.45, 2.75) is 51.2 Å². The summed E-state index contributed by atoms with van der Waals surface area (Å²) in [6, 6.07) is -0.841. The fourth-order valence-corrected chi connectivity index (χ4v) is 3.03. The highest BCUT2D eigenvalue weighted by atomic mass is 16.4. The summed E-state index contributed by atoms with van der Waals surface area (Å²) < 4.78 is 0. The van der Waals surface area contributed by atoms with Gasteiger partial charge >= 0.3 is 5.97 Å². The minimum absolute atomic E-state index is 0.0478. The highest BCUT2D eigenvalue weighted by Gasteiger charge is 2.41. The molecule has 5 heteroatoms. The number of hydrogen-bond acceptors (Lipinski definition) is 3. The Morgan fingerprint density at radius 3 is 2.33 bits per heavy atom. The van der Waals surface area contributed by atoms with E-state index in [2.05, 4.69) is 6.92 Å². The van der Waals surface area contributed by atoms with E-state index in [4.69, 9.17) is 5.11 Å². The molecule has 1 amide bonds. The van der Waals surface area contributed by atoms with Crippen LogP contribution in [-0.4, -0.2) is 45.7 Å². The smallest absolute Gasteiger partial charge is 0.326 e. The lowest BCUT2D eigenvalue weighted by Crippen LogP contribution is -2.44. The maximum absolute atomic E-state index is 12.3. The predicted octanol–water partition coefficient (Wildman–Crippen LogP) is 0.859. The number of rotatable bonds is 2. The molecule has 1 aliphatic carbocycles. The lowest BCUT2D eigenvalue weighted by atomic mass is 9.82. The second-order valence-electron chi connectivity index (χ2n) is 5.69. The number of carbonyl (C=O) groups is 2. The van der Waals surface area contributed by atoms with E-state index >= 15 is 0 Å². The third kappa shape index (κ3) is 2.66. The molecule has 2 N–H and O–H groups in total. The van der Waals surface area contributed by atoms with Crippen LogP contribution in [0.25, 0.3) is 0 Å². The number of hydrogen-bond donors (Lipinski definition) is 2. The normalized spacial score (nSPS) is 36.7. The van der Waals surface area contributed by atoms with Crippen LogP contribution in [0.1, 0.15) is 39.0 Å². The lowest BCUT2D eigenvalue weighted by Gasteiger charge is -2.30. The van der Waals surface area contributed by atoms with Crippen molar-refractivity contribution in [1.29, 1.82) is 0 Å². The van der Waals surface area contributed by atoms with Gasteiger partial charge in [0.2, 0.25) is 5.91 Å². The molecule has 0 radical (unpaired) electrons. The van der Waals surface area contributed by atoms with E-state index in [-0.39, 0.29) is 24.8 Å². The largest absolute Gasteiger partial charge is 0.480 e. The van der Waals surface area contributed by atoms with Crippen molar-refractivity contribution in [2.75, 3.05) is 6.54 Å². The summed E-state index contributed by atoms with van der Waals surface area (Å²) in [6.45, 7) is 2.35. The van der Waals surface area contributed by atoms with E-state index in [1.165, 1.54) is 4.90 Å².